The maximum atomic E-state index is 11.4. The van der Waals surface area contributed by atoms with Gasteiger partial charge >= 0.3 is 0 Å². The van der Waals surface area contributed by atoms with Crippen LogP contribution in [0.15, 0.2) is 12.1 Å². The van der Waals surface area contributed by atoms with Gasteiger partial charge in [-0.2, -0.15) is 0 Å². The Morgan fingerprint density at radius 1 is 1.33 bits per heavy atom. The van der Waals surface area contributed by atoms with Gasteiger partial charge in [-0.25, -0.2) is 0 Å². The van der Waals surface area contributed by atoms with Crippen LogP contribution in [0.1, 0.15) is 10.5 Å². The smallest absolute Gasteiger partial charge is 0.271 e. The van der Waals surface area contributed by atoms with E-state index in [1.165, 1.54) is 0 Å². The highest BCUT2D eigenvalue weighted by Gasteiger charge is 2.36. The summed E-state index contributed by atoms with van der Waals surface area (Å²) in [5.41, 5.74) is 0.363. The molecule has 0 saturated carbocycles. The zero-order valence-electron chi connectivity index (χ0n) is 10.4. The van der Waals surface area contributed by atoms with Gasteiger partial charge in [0.2, 0.25) is 0 Å². The van der Waals surface area contributed by atoms with Gasteiger partial charge in [-0.3, -0.25) is 4.79 Å². The summed E-state index contributed by atoms with van der Waals surface area (Å²) in [5.74, 6) is 2.13. The molecule has 1 aromatic rings. The van der Waals surface area contributed by atoms with Crippen molar-refractivity contribution in [2.75, 3.05) is 38.1 Å². The fraction of sp³-hybridized carbons (Fsp3) is 0.583. The molecule has 0 aliphatic carbocycles. The first-order valence-corrected chi connectivity index (χ1v) is 6.29. The molecule has 1 aromatic heterocycles. The molecule has 96 valence electrons. The van der Waals surface area contributed by atoms with Crippen molar-refractivity contribution in [3.05, 3.63) is 17.8 Å². The topological polar surface area (TPSA) is 70.2 Å². The Hall–Kier alpha value is -1.69. The second-order valence-corrected chi connectivity index (χ2v) is 4.94. The lowest BCUT2D eigenvalue weighted by molar-refractivity contribution is 0.0957. The Labute approximate surface area is 106 Å². The van der Waals surface area contributed by atoms with Gasteiger partial charge in [0.15, 0.2) is 11.5 Å². The SMILES string of the molecule is CNC(=O)c1ccc(N2C[C@H]3CNC[C@H]3C2)nn1. The minimum absolute atomic E-state index is 0.198. The molecule has 2 saturated heterocycles. The van der Waals surface area contributed by atoms with Gasteiger partial charge in [-0.05, 0) is 24.0 Å². The third-order valence-corrected chi connectivity index (χ3v) is 3.82. The van der Waals surface area contributed by atoms with Crippen molar-refractivity contribution in [1.82, 2.24) is 20.8 Å². The van der Waals surface area contributed by atoms with Gasteiger partial charge < -0.3 is 15.5 Å². The molecule has 2 atom stereocenters. The number of carbonyl (C=O) groups is 1. The number of rotatable bonds is 2. The van der Waals surface area contributed by atoms with E-state index in [2.05, 4.69) is 25.7 Å². The zero-order valence-corrected chi connectivity index (χ0v) is 10.4. The molecule has 1 amide bonds. The summed E-state index contributed by atoms with van der Waals surface area (Å²) >= 11 is 0. The van der Waals surface area contributed by atoms with Crippen molar-refractivity contribution in [3.63, 3.8) is 0 Å². The molecule has 0 spiro atoms. The van der Waals surface area contributed by atoms with Crippen LogP contribution in [0.25, 0.3) is 0 Å². The van der Waals surface area contributed by atoms with E-state index < -0.39 is 0 Å². The van der Waals surface area contributed by atoms with E-state index in [4.69, 9.17) is 0 Å². The lowest BCUT2D eigenvalue weighted by Crippen LogP contribution is -2.27. The second kappa shape index (κ2) is 4.53. The first-order chi connectivity index (χ1) is 8.78. The van der Waals surface area contributed by atoms with E-state index in [9.17, 15) is 4.79 Å². The molecular weight excluding hydrogens is 230 g/mol. The molecule has 0 aromatic carbocycles. The van der Waals surface area contributed by atoms with Crippen LogP contribution in [0, 0.1) is 11.8 Å². The number of hydrogen-bond acceptors (Lipinski definition) is 5. The predicted octanol–water partition coefficient (Wildman–Crippen LogP) is -0.508. The van der Waals surface area contributed by atoms with E-state index in [0.29, 0.717) is 5.69 Å². The molecule has 6 heteroatoms. The highest BCUT2D eigenvalue weighted by Crippen LogP contribution is 2.28. The number of aromatic nitrogens is 2. The monoisotopic (exact) mass is 247 g/mol. The largest absolute Gasteiger partial charge is 0.354 e. The summed E-state index contributed by atoms with van der Waals surface area (Å²) in [6, 6.07) is 3.61. The molecule has 2 aliphatic heterocycles. The van der Waals surface area contributed by atoms with Crippen molar-refractivity contribution in [2.45, 2.75) is 0 Å². The van der Waals surface area contributed by atoms with Crippen molar-refractivity contribution < 1.29 is 4.79 Å². The molecule has 6 nitrogen and oxygen atoms in total. The molecule has 0 radical (unpaired) electrons. The normalized spacial score (nSPS) is 26.2. The van der Waals surface area contributed by atoms with Gasteiger partial charge in [0, 0.05) is 33.2 Å². The molecule has 2 fully saturated rings. The summed E-state index contributed by atoms with van der Waals surface area (Å²) in [5, 5.41) is 14.1. The number of fused-ring (bicyclic) bond motifs is 1. The number of anilines is 1. The first kappa shape index (κ1) is 11.4. The van der Waals surface area contributed by atoms with Gasteiger partial charge in [0.25, 0.3) is 5.91 Å². The van der Waals surface area contributed by atoms with Crippen LogP contribution in [0.3, 0.4) is 0 Å². The molecule has 2 N–H and O–H groups in total. The van der Waals surface area contributed by atoms with Crippen LogP contribution in [0.5, 0.6) is 0 Å². The van der Waals surface area contributed by atoms with Gasteiger partial charge in [-0.1, -0.05) is 0 Å². The third kappa shape index (κ3) is 1.92. The standard InChI is InChI=1S/C12H17N5O/c1-13-12(18)10-2-3-11(16-15-10)17-6-8-4-14-5-9(8)7-17/h2-3,8-9,14H,4-7H2,1H3,(H,13,18)/t8-,9+. The number of nitrogens with one attached hydrogen (secondary N) is 2. The number of hydrogen-bond donors (Lipinski definition) is 2. The predicted molar refractivity (Wildman–Crippen MR) is 67.5 cm³/mol. The fourth-order valence-electron chi connectivity index (χ4n) is 2.79. The van der Waals surface area contributed by atoms with E-state index in [0.717, 1.165) is 43.8 Å². The molecule has 0 bridgehead atoms. The Morgan fingerprint density at radius 2 is 2.06 bits per heavy atom. The lowest BCUT2D eigenvalue weighted by Gasteiger charge is -2.17. The molecule has 3 heterocycles. The van der Waals surface area contributed by atoms with Crippen molar-refractivity contribution in [3.8, 4) is 0 Å². The molecule has 18 heavy (non-hydrogen) atoms. The summed E-state index contributed by atoms with van der Waals surface area (Å²) < 4.78 is 0. The Balaban J connectivity index is 1.72. The van der Waals surface area contributed by atoms with Crippen molar-refractivity contribution in [2.24, 2.45) is 11.8 Å². The van der Waals surface area contributed by atoms with E-state index >= 15 is 0 Å². The zero-order chi connectivity index (χ0) is 12.5. The molecular formula is C12H17N5O. The van der Waals surface area contributed by atoms with Crippen LogP contribution in [-0.4, -0.2) is 49.3 Å². The summed E-state index contributed by atoms with van der Waals surface area (Å²) in [7, 11) is 1.59. The summed E-state index contributed by atoms with van der Waals surface area (Å²) in [4.78, 5) is 13.6. The maximum Gasteiger partial charge on any atom is 0.271 e. The van der Waals surface area contributed by atoms with Crippen molar-refractivity contribution >= 4 is 11.7 Å². The fourth-order valence-corrected chi connectivity index (χ4v) is 2.79. The van der Waals surface area contributed by atoms with Gasteiger partial charge in [0.1, 0.15) is 0 Å². The van der Waals surface area contributed by atoms with E-state index in [-0.39, 0.29) is 5.91 Å². The average molecular weight is 247 g/mol. The Morgan fingerprint density at radius 3 is 2.61 bits per heavy atom. The average Bonchev–Trinajstić information content (AvgIpc) is 2.99. The van der Waals surface area contributed by atoms with Crippen LogP contribution in [-0.2, 0) is 0 Å². The highest BCUT2D eigenvalue weighted by atomic mass is 16.1. The quantitative estimate of drug-likeness (QED) is 0.737. The molecule has 3 rings (SSSR count). The number of amides is 1. The summed E-state index contributed by atoms with van der Waals surface area (Å²) in [6.07, 6.45) is 0. The van der Waals surface area contributed by atoms with Gasteiger partial charge in [-0.15, -0.1) is 10.2 Å². The Bertz CT molecular complexity index is 434. The van der Waals surface area contributed by atoms with Crippen molar-refractivity contribution in [1.29, 1.82) is 0 Å². The van der Waals surface area contributed by atoms with Crippen LogP contribution < -0.4 is 15.5 Å². The van der Waals surface area contributed by atoms with Crippen LogP contribution >= 0.6 is 0 Å². The molecule has 2 aliphatic rings. The lowest BCUT2D eigenvalue weighted by atomic mass is 10.0. The minimum Gasteiger partial charge on any atom is -0.354 e. The van der Waals surface area contributed by atoms with E-state index in [1.807, 2.05) is 6.07 Å². The maximum absolute atomic E-state index is 11.4. The van der Waals surface area contributed by atoms with Gasteiger partial charge in [0.05, 0.1) is 0 Å². The number of nitrogens with zero attached hydrogens (tertiary/aromatic N) is 3. The van der Waals surface area contributed by atoms with Crippen LogP contribution in [0.2, 0.25) is 0 Å². The summed E-state index contributed by atoms with van der Waals surface area (Å²) in [6.45, 7) is 4.27. The van der Waals surface area contributed by atoms with E-state index in [1.54, 1.807) is 13.1 Å². The highest BCUT2D eigenvalue weighted by molar-refractivity contribution is 5.91. The second-order valence-electron chi connectivity index (χ2n) is 4.94. The van der Waals surface area contributed by atoms with Crippen LogP contribution in [0.4, 0.5) is 5.82 Å². The molecule has 0 unspecified atom stereocenters. The first-order valence-electron chi connectivity index (χ1n) is 6.29. The Kier molecular flexibility index (Phi) is 2.87. The number of carbonyl (C=O) groups excluding carboxylic acids is 1. The third-order valence-electron chi connectivity index (χ3n) is 3.82. The minimum atomic E-state index is -0.198.